The summed E-state index contributed by atoms with van der Waals surface area (Å²) in [5.41, 5.74) is 0.986. The first kappa shape index (κ1) is 13.0. The molecule has 90 valence electrons. The van der Waals surface area contributed by atoms with E-state index < -0.39 is 0 Å². The van der Waals surface area contributed by atoms with Gasteiger partial charge in [-0.05, 0) is 41.0 Å². The Balaban J connectivity index is 3.28. The number of hydrogen-bond donors (Lipinski definition) is 1. The highest BCUT2D eigenvalue weighted by Crippen LogP contribution is 2.34. The number of phenols is 1. The van der Waals surface area contributed by atoms with Crippen LogP contribution >= 0.6 is 0 Å². The molecule has 0 heterocycles. The molecule has 0 saturated heterocycles. The quantitative estimate of drug-likeness (QED) is 0.792. The monoisotopic (exact) mass is 224 g/mol. The Morgan fingerprint density at radius 3 is 2.31 bits per heavy atom. The van der Waals surface area contributed by atoms with Gasteiger partial charge in [0.25, 0.3) is 0 Å². The van der Waals surface area contributed by atoms with E-state index in [0.29, 0.717) is 11.1 Å². The molecular weight excluding hydrogens is 203 g/mol. The molecular formula is C14H21FO. The van der Waals surface area contributed by atoms with E-state index in [2.05, 4.69) is 0 Å². The van der Waals surface area contributed by atoms with Crippen LogP contribution in [0.4, 0.5) is 4.39 Å². The van der Waals surface area contributed by atoms with Gasteiger partial charge in [0.1, 0.15) is 11.6 Å². The fraction of sp³-hybridized carbons (Fsp3) is 0.571. The predicted octanol–water partition coefficient (Wildman–Crippen LogP) is 4.34. The maximum absolute atomic E-state index is 13.9. The summed E-state index contributed by atoms with van der Waals surface area (Å²) in [6.45, 7) is 9.83. The van der Waals surface area contributed by atoms with Crippen LogP contribution in [-0.2, 0) is 5.41 Å². The van der Waals surface area contributed by atoms with Crippen LogP contribution in [0.1, 0.15) is 58.1 Å². The van der Waals surface area contributed by atoms with Gasteiger partial charge in [0.15, 0.2) is 0 Å². The molecule has 0 saturated carbocycles. The van der Waals surface area contributed by atoms with Crippen molar-refractivity contribution in [2.75, 3.05) is 0 Å². The number of phenolic OH excluding ortho intramolecular Hbond substituents is 1. The van der Waals surface area contributed by atoms with E-state index >= 15 is 0 Å². The summed E-state index contributed by atoms with van der Waals surface area (Å²) >= 11 is 0. The highest BCUT2D eigenvalue weighted by atomic mass is 19.1. The topological polar surface area (TPSA) is 20.2 Å². The molecule has 0 bridgehead atoms. The smallest absolute Gasteiger partial charge is 0.127 e. The number of halogens is 1. The first-order valence-corrected chi connectivity index (χ1v) is 5.80. The fourth-order valence-corrected chi connectivity index (χ4v) is 1.77. The summed E-state index contributed by atoms with van der Waals surface area (Å²) in [5.74, 6) is 0.171. The molecule has 0 aliphatic heterocycles. The maximum atomic E-state index is 13.9. The van der Waals surface area contributed by atoms with Crippen molar-refractivity contribution in [3.05, 3.63) is 29.1 Å². The van der Waals surface area contributed by atoms with Gasteiger partial charge in [-0.25, -0.2) is 4.39 Å². The lowest BCUT2D eigenvalue weighted by molar-refractivity contribution is 0.449. The zero-order chi connectivity index (χ0) is 12.5. The van der Waals surface area contributed by atoms with Gasteiger partial charge in [0, 0.05) is 0 Å². The van der Waals surface area contributed by atoms with Crippen molar-refractivity contribution < 1.29 is 9.50 Å². The van der Waals surface area contributed by atoms with E-state index in [0.717, 1.165) is 6.42 Å². The van der Waals surface area contributed by atoms with E-state index in [-0.39, 0.29) is 22.9 Å². The van der Waals surface area contributed by atoms with Crippen molar-refractivity contribution in [2.45, 2.75) is 52.4 Å². The molecule has 1 N–H and O–H groups in total. The summed E-state index contributed by atoms with van der Waals surface area (Å²) in [5, 5.41) is 9.91. The van der Waals surface area contributed by atoms with Gasteiger partial charge in [-0.1, -0.05) is 34.6 Å². The van der Waals surface area contributed by atoms with Gasteiger partial charge >= 0.3 is 0 Å². The maximum Gasteiger partial charge on any atom is 0.127 e. The Kier molecular flexibility index (Phi) is 3.61. The molecule has 0 radical (unpaired) electrons. The zero-order valence-corrected chi connectivity index (χ0v) is 10.8. The third kappa shape index (κ3) is 2.55. The minimum absolute atomic E-state index is 0.184. The van der Waals surface area contributed by atoms with E-state index in [1.165, 1.54) is 6.07 Å². The Morgan fingerprint density at radius 1 is 1.31 bits per heavy atom. The molecule has 1 unspecified atom stereocenters. The molecule has 1 rings (SSSR count). The highest BCUT2D eigenvalue weighted by Gasteiger charge is 2.21. The number of benzene rings is 1. The lowest BCUT2D eigenvalue weighted by Crippen LogP contribution is -2.14. The van der Waals surface area contributed by atoms with Crippen LogP contribution in [0, 0.1) is 5.82 Å². The molecule has 1 aromatic rings. The molecule has 0 aromatic heterocycles. The van der Waals surface area contributed by atoms with Gasteiger partial charge < -0.3 is 5.11 Å². The van der Waals surface area contributed by atoms with Crippen LogP contribution in [0.2, 0.25) is 0 Å². The van der Waals surface area contributed by atoms with Crippen molar-refractivity contribution in [3.63, 3.8) is 0 Å². The summed E-state index contributed by atoms with van der Waals surface area (Å²) in [4.78, 5) is 0. The van der Waals surface area contributed by atoms with Crippen LogP contribution in [0.25, 0.3) is 0 Å². The Bertz CT molecular complexity index is 377. The molecule has 16 heavy (non-hydrogen) atoms. The second-order valence-corrected chi connectivity index (χ2v) is 5.45. The molecule has 0 amide bonds. The fourth-order valence-electron chi connectivity index (χ4n) is 1.77. The third-order valence-corrected chi connectivity index (χ3v) is 3.07. The van der Waals surface area contributed by atoms with Crippen LogP contribution in [0.5, 0.6) is 5.75 Å². The van der Waals surface area contributed by atoms with E-state index in [4.69, 9.17) is 0 Å². The van der Waals surface area contributed by atoms with Gasteiger partial charge in [0.05, 0.1) is 0 Å². The summed E-state index contributed by atoms with van der Waals surface area (Å²) in [6, 6.07) is 3.04. The van der Waals surface area contributed by atoms with Gasteiger partial charge in [-0.2, -0.15) is 0 Å². The molecule has 1 nitrogen and oxygen atoms in total. The second kappa shape index (κ2) is 4.44. The molecule has 0 aliphatic rings. The Labute approximate surface area is 97.3 Å². The summed E-state index contributed by atoms with van der Waals surface area (Å²) < 4.78 is 13.9. The average molecular weight is 224 g/mol. The average Bonchev–Trinajstić information content (AvgIpc) is 2.18. The van der Waals surface area contributed by atoms with Crippen LogP contribution < -0.4 is 0 Å². The molecule has 1 aromatic carbocycles. The lowest BCUT2D eigenvalue weighted by Gasteiger charge is -2.22. The molecule has 0 aliphatic carbocycles. The van der Waals surface area contributed by atoms with Crippen molar-refractivity contribution in [1.82, 2.24) is 0 Å². The van der Waals surface area contributed by atoms with Crippen LogP contribution in [0.15, 0.2) is 12.1 Å². The van der Waals surface area contributed by atoms with Crippen LogP contribution in [-0.4, -0.2) is 5.11 Å². The van der Waals surface area contributed by atoms with Crippen molar-refractivity contribution in [1.29, 1.82) is 0 Å². The number of hydrogen-bond acceptors (Lipinski definition) is 1. The minimum Gasteiger partial charge on any atom is -0.508 e. The molecule has 0 spiro atoms. The Morgan fingerprint density at radius 2 is 1.88 bits per heavy atom. The van der Waals surface area contributed by atoms with E-state index in [1.807, 2.05) is 34.6 Å². The lowest BCUT2D eigenvalue weighted by atomic mass is 9.84. The van der Waals surface area contributed by atoms with Gasteiger partial charge in [-0.15, -0.1) is 0 Å². The van der Waals surface area contributed by atoms with E-state index in [9.17, 15) is 9.50 Å². The van der Waals surface area contributed by atoms with E-state index in [1.54, 1.807) is 6.07 Å². The summed E-state index contributed by atoms with van der Waals surface area (Å²) in [7, 11) is 0. The van der Waals surface area contributed by atoms with Gasteiger partial charge in [0.2, 0.25) is 0 Å². The normalized spacial score (nSPS) is 13.9. The highest BCUT2D eigenvalue weighted by molar-refractivity contribution is 5.41. The molecule has 2 heteroatoms. The first-order chi connectivity index (χ1) is 7.27. The van der Waals surface area contributed by atoms with Gasteiger partial charge in [-0.3, -0.25) is 0 Å². The Hall–Kier alpha value is -1.05. The molecule has 0 fully saturated rings. The van der Waals surface area contributed by atoms with Crippen molar-refractivity contribution >= 4 is 0 Å². The minimum atomic E-state index is -0.282. The van der Waals surface area contributed by atoms with Crippen molar-refractivity contribution in [2.24, 2.45) is 0 Å². The SMILES string of the molecule is CCC(C)c1cc(F)c(C(C)(C)C)cc1O. The number of aromatic hydroxyl groups is 1. The largest absolute Gasteiger partial charge is 0.508 e. The standard InChI is InChI=1S/C14H21FO/c1-6-9(2)10-7-12(15)11(8-13(10)16)14(3,4)5/h7-9,16H,6H2,1-5H3. The first-order valence-electron chi connectivity index (χ1n) is 5.80. The predicted molar refractivity (Wildman–Crippen MR) is 65.5 cm³/mol. The van der Waals surface area contributed by atoms with Crippen molar-refractivity contribution in [3.8, 4) is 5.75 Å². The summed E-state index contributed by atoms with van der Waals surface area (Å²) in [6.07, 6.45) is 0.891. The molecule has 1 atom stereocenters. The second-order valence-electron chi connectivity index (χ2n) is 5.45. The third-order valence-electron chi connectivity index (χ3n) is 3.07. The zero-order valence-electron chi connectivity index (χ0n) is 10.8. The number of rotatable bonds is 2. The van der Waals surface area contributed by atoms with Crippen LogP contribution in [0.3, 0.4) is 0 Å².